The van der Waals surface area contributed by atoms with E-state index in [2.05, 4.69) is 50.0 Å². The Kier molecular flexibility index (Phi) is 8.12. The first-order valence-electron chi connectivity index (χ1n) is 11.5. The third-order valence-electron chi connectivity index (χ3n) is 6.79. The summed E-state index contributed by atoms with van der Waals surface area (Å²) in [6.45, 7) is 5.46. The molecule has 0 radical (unpaired) electrons. The zero-order valence-electron chi connectivity index (χ0n) is 17.5. The summed E-state index contributed by atoms with van der Waals surface area (Å²) in [6, 6.07) is 8.35. The Bertz CT molecular complexity index is 589. The van der Waals surface area contributed by atoms with E-state index >= 15 is 0 Å². The van der Waals surface area contributed by atoms with Gasteiger partial charge < -0.3 is 4.74 Å². The number of hydrogen-bond acceptors (Lipinski definition) is 1. The van der Waals surface area contributed by atoms with E-state index in [0.717, 1.165) is 42.1 Å². The minimum Gasteiger partial charge on any atom is -0.494 e. The molecule has 2 aliphatic rings. The van der Waals surface area contributed by atoms with Crippen molar-refractivity contribution in [2.24, 2.45) is 23.7 Å². The smallest absolute Gasteiger partial charge is 0.119 e. The second-order valence-corrected chi connectivity index (χ2v) is 8.98. The largest absolute Gasteiger partial charge is 0.494 e. The predicted octanol–water partition coefficient (Wildman–Crippen LogP) is 7.24. The minimum atomic E-state index is 0.605. The predicted molar refractivity (Wildman–Crippen MR) is 115 cm³/mol. The van der Waals surface area contributed by atoms with E-state index in [-0.39, 0.29) is 0 Å². The molecule has 3 rings (SSSR count). The van der Waals surface area contributed by atoms with Gasteiger partial charge in [-0.15, -0.1) is 0 Å². The van der Waals surface area contributed by atoms with Gasteiger partial charge in [0.25, 0.3) is 0 Å². The zero-order chi connectivity index (χ0) is 18.9. The van der Waals surface area contributed by atoms with E-state index in [1.165, 1.54) is 64.2 Å². The Balaban J connectivity index is 1.41. The van der Waals surface area contributed by atoms with Crippen LogP contribution in [0.15, 0.2) is 24.3 Å². The molecule has 27 heavy (non-hydrogen) atoms. The molecule has 0 unspecified atom stereocenters. The topological polar surface area (TPSA) is 9.23 Å². The molecule has 1 aromatic carbocycles. The molecule has 1 heteroatoms. The monoisotopic (exact) mass is 366 g/mol. The number of ether oxygens (including phenoxy) is 1. The van der Waals surface area contributed by atoms with E-state index in [9.17, 15) is 0 Å². The fourth-order valence-electron chi connectivity index (χ4n) is 4.85. The van der Waals surface area contributed by atoms with Gasteiger partial charge in [0.05, 0.1) is 6.61 Å². The molecule has 2 saturated carbocycles. The van der Waals surface area contributed by atoms with Crippen molar-refractivity contribution in [2.75, 3.05) is 6.61 Å². The number of hydrogen-bond donors (Lipinski definition) is 0. The van der Waals surface area contributed by atoms with E-state index in [0.29, 0.717) is 5.92 Å². The molecule has 2 aliphatic carbocycles. The number of unbranched alkanes of at least 4 members (excludes halogenated alkanes) is 2. The van der Waals surface area contributed by atoms with Crippen LogP contribution in [0.1, 0.15) is 90.0 Å². The highest BCUT2D eigenvalue weighted by atomic mass is 16.5. The highest BCUT2D eigenvalue weighted by Gasteiger charge is 2.29. The average molecular weight is 367 g/mol. The van der Waals surface area contributed by atoms with Gasteiger partial charge in [0.1, 0.15) is 5.75 Å². The Labute approximate surface area is 167 Å². The van der Waals surface area contributed by atoms with Crippen molar-refractivity contribution < 1.29 is 4.74 Å². The second kappa shape index (κ2) is 10.8. The SMILES string of the molecule is CCCCCOc1ccc(C#CC2CCC([C@H]3CC[C@H](C)CC3)CC2)cc1. The van der Waals surface area contributed by atoms with E-state index < -0.39 is 0 Å². The Morgan fingerprint density at radius 1 is 0.852 bits per heavy atom. The van der Waals surface area contributed by atoms with Crippen LogP contribution in [-0.4, -0.2) is 6.61 Å². The van der Waals surface area contributed by atoms with Crippen LogP contribution in [0.4, 0.5) is 0 Å². The summed E-state index contributed by atoms with van der Waals surface area (Å²) in [4.78, 5) is 0. The minimum absolute atomic E-state index is 0.605. The van der Waals surface area contributed by atoms with Gasteiger partial charge in [-0.3, -0.25) is 0 Å². The van der Waals surface area contributed by atoms with Crippen molar-refractivity contribution in [1.29, 1.82) is 0 Å². The summed E-state index contributed by atoms with van der Waals surface area (Å²) in [7, 11) is 0. The highest BCUT2D eigenvalue weighted by molar-refractivity contribution is 5.38. The fourth-order valence-corrected chi connectivity index (χ4v) is 4.85. The number of benzene rings is 1. The Hall–Kier alpha value is -1.42. The van der Waals surface area contributed by atoms with E-state index in [4.69, 9.17) is 4.74 Å². The van der Waals surface area contributed by atoms with E-state index in [1.807, 2.05) is 0 Å². The average Bonchev–Trinajstić information content (AvgIpc) is 2.72. The summed E-state index contributed by atoms with van der Waals surface area (Å²) in [5.74, 6) is 11.5. The maximum absolute atomic E-state index is 5.79. The van der Waals surface area contributed by atoms with Gasteiger partial charge in [-0.2, -0.15) is 0 Å². The van der Waals surface area contributed by atoms with Crippen molar-refractivity contribution in [2.45, 2.75) is 84.5 Å². The van der Waals surface area contributed by atoms with Crippen LogP contribution in [0.3, 0.4) is 0 Å². The molecule has 0 heterocycles. The van der Waals surface area contributed by atoms with E-state index in [1.54, 1.807) is 0 Å². The zero-order valence-corrected chi connectivity index (χ0v) is 17.5. The Morgan fingerprint density at radius 3 is 2.11 bits per heavy atom. The summed E-state index contributed by atoms with van der Waals surface area (Å²) < 4.78 is 5.79. The molecule has 0 amide bonds. The lowest BCUT2D eigenvalue weighted by molar-refractivity contribution is 0.162. The molecular weight excluding hydrogens is 328 g/mol. The maximum atomic E-state index is 5.79. The van der Waals surface area contributed by atoms with Crippen LogP contribution in [-0.2, 0) is 0 Å². The maximum Gasteiger partial charge on any atom is 0.119 e. The van der Waals surface area contributed by atoms with Gasteiger partial charge in [0, 0.05) is 11.5 Å². The van der Waals surface area contributed by atoms with Crippen LogP contribution in [0.5, 0.6) is 5.75 Å². The first kappa shape index (κ1) is 20.3. The summed E-state index contributed by atoms with van der Waals surface area (Å²) in [5.41, 5.74) is 1.12. The lowest BCUT2D eigenvalue weighted by Gasteiger charge is -2.36. The van der Waals surface area contributed by atoms with Gasteiger partial charge in [-0.1, -0.05) is 51.4 Å². The van der Waals surface area contributed by atoms with Gasteiger partial charge in [-0.05, 0) is 87.0 Å². The fraction of sp³-hybridized carbons (Fsp3) is 0.692. The molecule has 0 saturated heterocycles. The summed E-state index contributed by atoms with van der Waals surface area (Å²) in [5, 5.41) is 0. The van der Waals surface area contributed by atoms with Crippen LogP contribution in [0.2, 0.25) is 0 Å². The van der Waals surface area contributed by atoms with Crippen molar-refractivity contribution >= 4 is 0 Å². The molecule has 148 valence electrons. The van der Waals surface area contributed by atoms with Gasteiger partial charge in [0.2, 0.25) is 0 Å². The molecule has 0 N–H and O–H groups in total. The lowest BCUT2D eigenvalue weighted by atomic mass is 9.69. The quantitative estimate of drug-likeness (QED) is 0.381. The molecule has 2 fully saturated rings. The summed E-state index contributed by atoms with van der Waals surface area (Å²) in [6.07, 6.45) is 14.9. The van der Waals surface area contributed by atoms with Crippen LogP contribution >= 0.6 is 0 Å². The molecule has 0 spiro atoms. The van der Waals surface area contributed by atoms with Crippen LogP contribution in [0.25, 0.3) is 0 Å². The molecule has 0 aromatic heterocycles. The highest BCUT2D eigenvalue weighted by Crippen LogP contribution is 2.41. The molecule has 0 aliphatic heterocycles. The normalized spacial score (nSPS) is 28.2. The summed E-state index contributed by atoms with van der Waals surface area (Å²) >= 11 is 0. The Morgan fingerprint density at radius 2 is 1.48 bits per heavy atom. The van der Waals surface area contributed by atoms with Gasteiger partial charge in [-0.25, -0.2) is 0 Å². The van der Waals surface area contributed by atoms with Crippen molar-refractivity contribution in [3.05, 3.63) is 29.8 Å². The first-order chi connectivity index (χ1) is 13.2. The van der Waals surface area contributed by atoms with Crippen molar-refractivity contribution in [1.82, 2.24) is 0 Å². The molecule has 0 atom stereocenters. The van der Waals surface area contributed by atoms with Gasteiger partial charge >= 0.3 is 0 Å². The van der Waals surface area contributed by atoms with Crippen LogP contribution in [0, 0.1) is 35.5 Å². The molecule has 0 bridgehead atoms. The van der Waals surface area contributed by atoms with Crippen molar-refractivity contribution in [3.63, 3.8) is 0 Å². The number of rotatable bonds is 6. The van der Waals surface area contributed by atoms with Gasteiger partial charge in [0.15, 0.2) is 0 Å². The second-order valence-electron chi connectivity index (χ2n) is 8.98. The first-order valence-corrected chi connectivity index (χ1v) is 11.5. The van der Waals surface area contributed by atoms with Crippen LogP contribution < -0.4 is 4.74 Å². The standard InChI is InChI=1S/C26H38O/c1-3-4-5-20-27-26-18-12-23(13-19-26)9-8-22-10-16-25(17-11-22)24-14-6-21(2)7-15-24/h12-13,18-19,21-22,24-25H,3-7,10-11,14-17,20H2,1-2H3/t21-,22?,24-,25?. The molecule has 1 nitrogen and oxygen atoms in total. The third-order valence-corrected chi connectivity index (χ3v) is 6.79. The lowest BCUT2D eigenvalue weighted by Crippen LogP contribution is -2.24. The third kappa shape index (κ3) is 6.60. The molecule has 1 aromatic rings. The molecular formula is C26H38O. The van der Waals surface area contributed by atoms with Crippen molar-refractivity contribution in [3.8, 4) is 17.6 Å².